The molecule has 0 amide bonds. The van der Waals surface area contributed by atoms with Gasteiger partial charge in [-0.05, 0) is 36.6 Å². The normalized spacial score (nSPS) is 9.62. The number of hydrogen-bond acceptors (Lipinski definition) is 2. The number of benzene rings is 1. The van der Waals surface area contributed by atoms with E-state index in [1.807, 2.05) is 12.1 Å². The van der Waals surface area contributed by atoms with Gasteiger partial charge in [-0.3, -0.25) is 0 Å². The minimum absolute atomic E-state index is 0.184. The molecule has 0 atom stereocenters. The van der Waals surface area contributed by atoms with Crippen LogP contribution in [0.4, 0.5) is 0 Å². The molecule has 0 aliphatic carbocycles. The molecule has 1 aromatic rings. The van der Waals surface area contributed by atoms with Gasteiger partial charge in [0.25, 0.3) is 0 Å². The number of nitrogens with zero attached hydrogens (tertiary/aromatic N) is 1. The predicted octanol–water partition coefficient (Wildman–Crippen LogP) is 2.25. The van der Waals surface area contributed by atoms with Crippen molar-refractivity contribution in [3.8, 4) is 6.07 Å². The Morgan fingerprint density at radius 2 is 2.23 bits per heavy atom. The van der Waals surface area contributed by atoms with Crippen LogP contribution >= 0.6 is 15.9 Å². The molecule has 13 heavy (non-hydrogen) atoms. The molecule has 0 aliphatic heterocycles. The molecule has 0 unspecified atom stereocenters. The fourth-order valence-electron chi connectivity index (χ4n) is 1.11. The zero-order valence-corrected chi connectivity index (χ0v) is 8.71. The molecule has 0 spiro atoms. The van der Waals surface area contributed by atoms with E-state index in [1.165, 1.54) is 0 Å². The van der Waals surface area contributed by atoms with E-state index in [0.717, 1.165) is 22.9 Å². The van der Waals surface area contributed by atoms with Crippen LogP contribution in [0.2, 0.25) is 0 Å². The summed E-state index contributed by atoms with van der Waals surface area (Å²) in [5.41, 5.74) is 1.74. The fourth-order valence-corrected chi connectivity index (χ4v) is 1.55. The van der Waals surface area contributed by atoms with E-state index in [2.05, 4.69) is 22.0 Å². The summed E-state index contributed by atoms with van der Waals surface area (Å²) in [5.74, 6) is 0. The van der Waals surface area contributed by atoms with Crippen LogP contribution in [-0.2, 0) is 6.42 Å². The second-order valence-corrected chi connectivity index (χ2v) is 3.60. The van der Waals surface area contributed by atoms with Gasteiger partial charge in [0.15, 0.2) is 0 Å². The molecule has 0 saturated carbocycles. The Balaban J connectivity index is 2.85. The molecule has 68 valence electrons. The summed E-state index contributed by atoms with van der Waals surface area (Å²) in [7, 11) is 0. The second-order valence-electron chi connectivity index (χ2n) is 2.75. The molecule has 0 fully saturated rings. The third kappa shape index (κ3) is 2.83. The largest absolute Gasteiger partial charge is 0.396 e. The average Bonchev–Trinajstić information content (AvgIpc) is 2.17. The Kier molecular flexibility index (Phi) is 3.94. The molecule has 0 radical (unpaired) electrons. The molecule has 1 N–H and O–H groups in total. The maximum Gasteiger partial charge on any atom is 0.0991 e. The molecule has 0 heterocycles. The highest BCUT2D eigenvalue weighted by Gasteiger charge is 2.00. The number of rotatable bonds is 3. The first kappa shape index (κ1) is 10.2. The monoisotopic (exact) mass is 239 g/mol. The van der Waals surface area contributed by atoms with Crippen LogP contribution in [0.3, 0.4) is 0 Å². The summed E-state index contributed by atoms with van der Waals surface area (Å²) in [4.78, 5) is 0. The van der Waals surface area contributed by atoms with Gasteiger partial charge in [-0.15, -0.1) is 0 Å². The van der Waals surface area contributed by atoms with E-state index < -0.39 is 0 Å². The Morgan fingerprint density at radius 3 is 2.85 bits per heavy atom. The van der Waals surface area contributed by atoms with Crippen molar-refractivity contribution in [2.75, 3.05) is 6.61 Å². The highest BCUT2D eigenvalue weighted by molar-refractivity contribution is 9.10. The van der Waals surface area contributed by atoms with Crippen molar-refractivity contribution in [2.45, 2.75) is 12.8 Å². The van der Waals surface area contributed by atoms with Gasteiger partial charge in [-0.2, -0.15) is 5.26 Å². The van der Waals surface area contributed by atoms with Crippen LogP contribution in [0.25, 0.3) is 0 Å². The van der Waals surface area contributed by atoms with Gasteiger partial charge >= 0.3 is 0 Å². The van der Waals surface area contributed by atoms with Crippen LogP contribution in [0, 0.1) is 11.3 Å². The van der Waals surface area contributed by atoms with Crippen LogP contribution in [0.5, 0.6) is 0 Å². The Bertz CT molecular complexity index is 330. The van der Waals surface area contributed by atoms with E-state index in [-0.39, 0.29) is 6.61 Å². The van der Waals surface area contributed by atoms with Crippen LogP contribution in [0.1, 0.15) is 17.5 Å². The summed E-state index contributed by atoms with van der Waals surface area (Å²) >= 11 is 3.40. The second kappa shape index (κ2) is 5.00. The van der Waals surface area contributed by atoms with Gasteiger partial charge < -0.3 is 5.11 Å². The first-order valence-corrected chi connectivity index (χ1v) is 4.86. The SMILES string of the molecule is N#Cc1ccc(Br)c(CCCO)c1. The summed E-state index contributed by atoms with van der Waals surface area (Å²) in [6.45, 7) is 0.184. The third-order valence-electron chi connectivity index (χ3n) is 1.78. The number of nitriles is 1. The van der Waals surface area contributed by atoms with E-state index in [4.69, 9.17) is 10.4 Å². The smallest absolute Gasteiger partial charge is 0.0991 e. The number of hydrogen-bond donors (Lipinski definition) is 1. The maximum absolute atomic E-state index is 8.66. The highest BCUT2D eigenvalue weighted by atomic mass is 79.9. The highest BCUT2D eigenvalue weighted by Crippen LogP contribution is 2.19. The van der Waals surface area contributed by atoms with Crippen LogP contribution in [0.15, 0.2) is 22.7 Å². The Labute approximate surface area is 85.9 Å². The summed E-state index contributed by atoms with van der Waals surface area (Å²) in [6.07, 6.45) is 1.53. The molecule has 1 rings (SSSR count). The quantitative estimate of drug-likeness (QED) is 0.880. The zero-order chi connectivity index (χ0) is 9.68. The zero-order valence-electron chi connectivity index (χ0n) is 7.13. The Morgan fingerprint density at radius 1 is 1.46 bits per heavy atom. The molecule has 0 aliphatic rings. The lowest BCUT2D eigenvalue weighted by atomic mass is 10.1. The van der Waals surface area contributed by atoms with Crippen molar-refractivity contribution in [1.82, 2.24) is 0 Å². The lowest BCUT2D eigenvalue weighted by Gasteiger charge is -2.02. The topological polar surface area (TPSA) is 44.0 Å². The van der Waals surface area contributed by atoms with E-state index in [1.54, 1.807) is 6.07 Å². The molecule has 0 bridgehead atoms. The van der Waals surface area contributed by atoms with Gasteiger partial charge in [0, 0.05) is 11.1 Å². The van der Waals surface area contributed by atoms with Crippen LogP contribution in [-0.4, -0.2) is 11.7 Å². The lowest BCUT2D eigenvalue weighted by Crippen LogP contribution is -1.91. The lowest BCUT2D eigenvalue weighted by molar-refractivity contribution is 0.288. The van der Waals surface area contributed by atoms with Crippen molar-refractivity contribution < 1.29 is 5.11 Å². The first-order valence-electron chi connectivity index (χ1n) is 4.07. The molecular weight excluding hydrogens is 230 g/mol. The Hall–Kier alpha value is -0.850. The summed E-state index contributed by atoms with van der Waals surface area (Å²) in [6, 6.07) is 7.57. The minimum atomic E-state index is 0.184. The van der Waals surface area contributed by atoms with Crippen LogP contribution < -0.4 is 0 Å². The maximum atomic E-state index is 8.66. The van der Waals surface area contributed by atoms with Crippen molar-refractivity contribution in [3.05, 3.63) is 33.8 Å². The third-order valence-corrected chi connectivity index (χ3v) is 2.55. The van der Waals surface area contributed by atoms with Crippen molar-refractivity contribution in [1.29, 1.82) is 5.26 Å². The van der Waals surface area contributed by atoms with Gasteiger partial charge in [0.05, 0.1) is 11.6 Å². The van der Waals surface area contributed by atoms with Crippen molar-refractivity contribution in [3.63, 3.8) is 0 Å². The van der Waals surface area contributed by atoms with Gasteiger partial charge in [-0.1, -0.05) is 15.9 Å². The van der Waals surface area contributed by atoms with Gasteiger partial charge in [0.2, 0.25) is 0 Å². The molecule has 3 heteroatoms. The molecule has 1 aromatic carbocycles. The van der Waals surface area contributed by atoms with E-state index in [9.17, 15) is 0 Å². The number of aliphatic hydroxyl groups is 1. The summed E-state index contributed by atoms with van der Waals surface area (Å²) < 4.78 is 1.000. The standard InChI is InChI=1S/C10H10BrNO/c11-10-4-3-8(7-12)6-9(10)2-1-5-13/h3-4,6,13H,1-2,5H2. The number of halogens is 1. The van der Waals surface area contributed by atoms with Crippen molar-refractivity contribution >= 4 is 15.9 Å². The predicted molar refractivity (Wildman–Crippen MR) is 54.3 cm³/mol. The summed E-state index contributed by atoms with van der Waals surface area (Å²) in [5, 5.41) is 17.3. The van der Waals surface area contributed by atoms with E-state index in [0.29, 0.717) is 5.56 Å². The van der Waals surface area contributed by atoms with Gasteiger partial charge in [-0.25, -0.2) is 0 Å². The number of aryl methyl sites for hydroxylation is 1. The van der Waals surface area contributed by atoms with Crippen molar-refractivity contribution in [2.24, 2.45) is 0 Å². The molecule has 2 nitrogen and oxygen atoms in total. The molecule has 0 saturated heterocycles. The fraction of sp³-hybridized carbons (Fsp3) is 0.300. The first-order chi connectivity index (χ1) is 6.27. The average molecular weight is 240 g/mol. The van der Waals surface area contributed by atoms with E-state index >= 15 is 0 Å². The molecular formula is C10H10BrNO. The minimum Gasteiger partial charge on any atom is -0.396 e. The molecule has 0 aromatic heterocycles. The van der Waals surface area contributed by atoms with Gasteiger partial charge in [0.1, 0.15) is 0 Å². The number of aliphatic hydroxyl groups excluding tert-OH is 1.